The third-order valence-corrected chi connectivity index (χ3v) is 9.45. The normalized spacial score (nSPS) is 43.4. The molecule has 2 aliphatic heterocycles. The van der Waals surface area contributed by atoms with E-state index in [0.29, 0.717) is 11.2 Å². The molecule has 0 radical (unpaired) electrons. The van der Waals surface area contributed by atoms with E-state index in [4.69, 9.17) is 18.6 Å². The second kappa shape index (κ2) is 4.99. The molecule has 0 aromatic carbocycles. The Hall–Kier alpha value is -0.0301. The molecular formula is C21H38B2O4. The van der Waals surface area contributed by atoms with Crippen molar-refractivity contribution in [3.05, 3.63) is 0 Å². The lowest BCUT2D eigenvalue weighted by Crippen LogP contribution is -2.74. The molecule has 0 aromatic heterocycles. The summed E-state index contributed by atoms with van der Waals surface area (Å²) in [5, 5.41) is -0.107. The number of hydrogen-bond acceptors (Lipinski definition) is 4. The Morgan fingerprint density at radius 2 is 1.04 bits per heavy atom. The summed E-state index contributed by atoms with van der Waals surface area (Å²) in [7, 11) is -0.360. The molecule has 0 aromatic rings. The van der Waals surface area contributed by atoms with Gasteiger partial charge in [-0.3, -0.25) is 0 Å². The summed E-state index contributed by atoms with van der Waals surface area (Å²) in [4.78, 5) is 0. The van der Waals surface area contributed by atoms with Gasteiger partial charge in [0.15, 0.2) is 0 Å². The Morgan fingerprint density at radius 1 is 0.667 bits per heavy atom. The van der Waals surface area contributed by atoms with Crippen molar-refractivity contribution in [3.8, 4) is 0 Å². The fourth-order valence-electron chi connectivity index (χ4n) is 6.08. The average molecular weight is 376 g/mol. The van der Waals surface area contributed by atoms with E-state index in [1.54, 1.807) is 0 Å². The zero-order valence-corrected chi connectivity index (χ0v) is 19.3. The van der Waals surface area contributed by atoms with Crippen LogP contribution in [0.2, 0.25) is 11.1 Å². The second-order valence-corrected chi connectivity index (χ2v) is 12.6. The molecule has 4 nitrogen and oxygen atoms in total. The highest BCUT2D eigenvalue weighted by molar-refractivity contribution is 6.52. The van der Waals surface area contributed by atoms with Crippen LogP contribution in [0.5, 0.6) is 0 Å². The van der Waals surface area contributed by atoms with E-state index in [-0.39, 0.29) is 47.4 Å². The first-order valence-corrected chi connectivity index (χ1v) is 10.6. The molecular weight excluding hydrogens is 338 g/mol. The van der Waals surface area contributed by atoms with Crippen LogP contribution in [0.4, 0.5) is 0 Å². The van der Waals surface area contributed by atoms with Crippen molar-refractivity contribution in [2.45, 2.75) is 123 Å². The molecule has 0 amide bonds. The Balaban J connectivity index is 1.61. The molecule has 5 rings (SSSR count). The van der Waals surface area contributed by atoms with Gasteiger partial charge in [-0.1, -0.05) is 20.8 Å². The molecule has 27 heavy (non-hydrogen) atoms. The number of rotatable bonds is 3. The Bertz CT molecular complexity index is 629. The molecule has 5 fully saturated rings. The van der Waals surface area contributed by atoms with Gasteiger partial charge in [0.2, 0.25) is 0 Å². The van der Waals surface area contributed by atoms with Crippen molar-refractivity contribution < 1.29 is 18.6 Å². The van der Waals surface area contributed by atoms with Crippen LogP contribution in [0.25, 0.3) is 0 Å². The Labute approximate surface area is 166 Å². The third kappa shape index (κ3) is 2.28. The van der Waals surface area contributed by atoms with E-state index in [1.807, 2.05) is 0 Å². The van der Waals surface area contributed by atoms with Gasteiger partial charge >= 0.3 is 14.2 Å². The maximum Gasteiger partial charge on any atom is 0.464 e. The van der Waals surface area contributed by atoms with Gasteiger partial charge in [0, 0.05) is 11.1 Å². The van der Waals surface area contributed by atoms with Crippen LogP contribution < -0.4 is 0 Å². The molecule has 2 bridgehead atoms. The predicted molar refractivity (Wildman–Crippen MR) is 110 cm³/mol. The summed E-state index contributed by atoms with van der Waals surface area (Å²) < 4.78 is 26.0. The largest absolute Gasteiger partial charge is 0.464 e. The molecule has 2 saturated heterocycles. The highest BCUT2D eigenvalue weighted by Crippen LogP contribution is 2.89. The van der Waals surface area contributed by atoms with Crippen LogP contribution in [-0.2, 0) is 18.6 Å². The van der Waals surface area contributed by atoms with Crippen molar-refractivity contribution in [3.63, 3.8) is 0 Å². The lowest BCUT2D eigenvalue weighted by molar-refractivity contribution is -0.224. The van der Waals surface area contributed by atoms with E-state index in [9.17, 15) is 0 Å². The van der Waals surface area contributed by atoms with Gasteiger partial charge in [0.05, 0.1) is 22.4 Å². The van der Waals surface area contributed by atoms with E-state index in [1.165, 1.54) is 12.8 Å². The average Bonchev–Trinajstić information content (AvgIpc) is 2.74. The van der Waals surface area contributed by atoms with Gasteiger partial charge in [0.1, 0.15) is 0 Å². The van der Waals surface area contributed by atoms with Gasteiger partial charge in [-0.05, 0) is 79.1 Å². The maximum absolute atomic E-state index is 6.50. The van der Waals surface area contributed by atoms with Crippen LogP contribution in [0.15, 0.2) is 0 Å². The molecule has 0 N–H and O–H groups in total. The fraction of sp³-hybridized carbons (Fsp3) is 1.00. The lowest BCUT2D eigenvalue weighted by Gasteiger charge is -2.80. The highest BCUT2D eigenvalue weighted by Gasteiger charge is 2.84. The zero-order valence-electron chi connectivity index (χ0n) is 19.3. The second-order valence-electron chi connectivity index (χ2n) is 12.6. The minimum absolute atomic E-state index is 0.107. The maximum atomic E-state index is 6.50. The summed E-state index contributed by atoms with van der Waals surface area (Å²) >= 11 is 0. The first-order valence-electron chi connectivity index (χ1n) is 10.6. The van der Waals surface area contributed by atoms with E-state index < -0.39 is 0 Å². The van der Waals surface area contributed by atoms with Crippen LogP contribution in [-0.4, -0.2) is 36.6 Å². The highest BCUT2D eigenvalue weighted by atomic mass is 16.7. The van der Waals surface area contributed by atoms with Crippen LogP contribution in [0.1, 0.15) is 89.0 Å². The standard InChI is InChI=1S/C21H38B2O4/c1-15(2,23-26-18(7,8)19(9,10)27-23)21-12-20(11,13-21)14(21)22-24-16(3,4)17(5,6)25-22/h14H,12-13H2,1-11H3. The molecule has 5 aliphatic rings. The minimum atomic E-state index is -0.303. The van der Waals surface area contributed by atoms with Gasteiger partial charge in [0.25, 0.3) is 0 Å². The van der Waals surface area contributed by atoms with Crippen molar-refractivity contribution in [1.29, 1.82) is 0 Å². The van der Waals surface area contributed by atoms with Gasteiger partial charge < -0.3 is 18.6 Å². The molecule has 152 valence electrons. The molecule has 6 heteroatoms. The fourth-order valence-corrected chi connectivity index (χ4v) is 6.08. The quantitative estimate of drug-likeness (QED) is 0.641. The summed E-state index contributed by atoms with van der Waals surface area (Å²) in [6.45, 7) is 24.2. The molecule has 1 atom stereocenters. The first-order chi connectivity index (χ1) is 11.9. The monoisotopic (exact) mass is 376 g/mol. The van der Waals surface area contributed by atoms with E-state index in [2.05, 4.69) is 76.2 Å². The summed E-state index contributed by atoms with van der Waals surface area (Å²) in [5.74, 6) is 0.389. The van der Waals surface area contributed by atoms with Gasteiger partial charge in [-0.2, -0.15) is 0 Å². The SMILES string of the molecule is CC12CC(C(C)(C)B3OC(C)(C)C(C)(C)O3)(C1)C2B1OC(C)(C)C(C)(C)O1. The van der Waals surface area contributed by atoms with Crippen molar-refractivity contribution >= 4 is 14.2 Å². The summed E-state index contributed by atoms with van der Waals surface area (Å²) in [6, 6.07) is 0. The Kier molecular flexibility index (Phi) is 3.74. The molecule has 3 saturated carbocycles. The predicted octanol–water partition coefficient (Wildman–Crippen LogP) is 5.12. The molecule has 0 spiro atoms. The zero-order chi connectivity index (χ0) is 20.5. The van der Waals surface area contributed by atoms with Gasteiger partial charge in [-0.15, -0.1) is 0 Å². The third-order valence-electron chi connectivity index (χ3n) is 9.45. The van der Waals surface area contributed by atoms with E-state index in [0.717, 1.165) is 0 Å². The lowest BCUT2D eigenvalue weighted by atomic mass is 9.15. The summed E-state index contributed by atoms with van der Waals surface area (Å²) in [6.07, 6.45) is 2.40. The first kappa shape index (κ1) is 20.3. The minimum Gasteiger partial charge on any atom is -0.403 e. The van der Waals surface area contributed by atoms with Gasteiger partial charge in [-0.25, -0.2) is 0 Å². The topological polar surface area (TPSA) is 36.9 Å². The molecule has 1 unspecified atom stereocenters. The molecule has 2 heterocycles. The van der Waals surface area contributed by atoms with E-state index >= 15 is 0 Å². The van der Waals surface area contributed by atoms with Crippen LogP contribution in [0, 0.1) is 10.8 Å². The van der Waals surface area contributed by atoms with Crippen molar-refractivity contribution in [2.24, 2.45) is 10.8 Å². The van der Waals surface area contributed by atoms with Crippen molar-refractivity contribution in [2.75, 3.05) is 0 Å². The van der Waals surface area contributed by atoms with Crippen LogP contribution in [0.3, 0.4) is 0 Å². The van der Waals surface area contributed by atoms with Crippen molar-refractivity contribution in [1.82, 2.24) is 0 Å². The molecule has 3 aliphatic carbocycles. The van der Waals surface area contributed by atoms with Crippen LogP contribution >= 0.6 is 0 Å². The smallest absolute Gasteiger partial charge is 0.403 e. The Morgan fingerprint density at radius 3 is 1.41 bits per heavy atom. The number of hydrogen-bond donors (Lipinski definition) is 0. The summed E-state index contributed by atoms with van der Waals surface area (Å²) in [5.41, 5.74) is -0.728.